The van der Waals surface area contributed by atoms with Gasteiger partial charge in [-0.05, 0) is 50.2 Å². The number of ether oxygens (including phenoxy) is 1. The summed E-state index contributed by atoms with van der Waals surface area (Å²) >= 11 is 1.10. The molecule has 0 saturated heterocycles. The molecule has 0 fully saturated rings. The first-order valence-electron chi connectivity index (χ1n) is 8.84. The minimum atomic E-state index is -0.268. The molecule has 146 valence electrons. The molecule has 0 aliphatic carbocycles. The Morgan fingerprint density at radius 2 is 1.79 bits per heavy atom. The lowest BCUT2D eigenvalue weighted by atomic mass is 10.2. The standard InChI is InChI=1S/C20H18N6O2S/c1-12-4-8-15(9-5-12)26-13(2)17(23-25-26)18-21-20(29-24-18)22-19(27)14-6-10-16(28-3)11-7-14/h4-11H,1-3H3,(H,21,22,24,27). The van der Waals surface area contributed by atoms with Gasteiger partial charge in [-0.3, -0.25) is 10.1 Å². The van der Waals surface area contributed by atoms with Gasteiger partial charge in [-0.25, -0.2) is 4.68 Å². The number of carbonyl (C=O) groups excluding carboxylic acids is 1. The number of amides is 1. The molecule has 1 N–H and O–H groups in total. The van der Waals surface area contributed by atoms with Crippen molar-refractivity contribution in [1.82, 2.24) is 24.4 Å². The molecule has 2 aromatic carbocycles. The minimum absolute atomic E-state index is 0.268. The molecule has 2 aromatic heterocycles. The summed E-state index contributed by atoms with van der Waals surface area (Å²) in [5.74, 6) is 0.846. The second kappa shape index (κ2) is 7.80. The van der Waals surface area contributed by atoms with E-state index in [1.807, 2.05) is 38.1 Å². The van der Waals surface area contributed by atoms with Gasteiger partial charge >= 0.3 is 0 Å². The maximum atomic E-state index is 12.4. The van der Waals surface area contributed by atoms with Crippen LogP contribution in [-0.4, -0.2) is 37.4 Å². The Labute approximate surface area is 171 Å². The Bertz CT molecular complexity index is 1150. The molecule has 1 amide bonds. The van der Waals surface area contributed by atoms with Gasteiger partial charge in [0.1, 0.15) is 5.75 Å². The van der Waals surface area contributed by atoms with Crippen molar-refractivity contribution < 1.29 is 9.53 Å². The highest BCUT2D eigenvalue weighted by Gasteiger charge is 2.18. The van der Waals surface area contributed by atoms with Crippen LogP contribution in [0.2, 0.25) is 0 Å². The molecule has 8 nitrogen and oxygen atoms in total. The zero-order chi connectivity index (χ0) is 20.4. The van der Waals surface area contributed by atoms with E-state index in [2.05, 4.69) is 25.0 Å². The van der Waals surface area contributed by atoms with Gasteiger partial charge in [-0.15, -0.1) is 5.10 Å². The van der Waals surface area contributed by atoms with E-state index in [9.17, 15) is 4.79 Å². The molecular formula is C20H18N6O2S. The number of aryl methyl sites for hydroxylation is 1. The molecular weight excluding hydrogens is 388 g/mol. The lowest BCUT2D eigenvalue weighted by Gasteiger charge is -2.03. The molecule has 0 atom stereocenters. The van der Waals surface area contributed by atoms with Crippen LogP contribution in [0.1, 0.15) is 21.6 Å². The Hall–Kier alpha value is -3.59. The number of rotatable bonds is 5. The summed E-state index contributed by atoms with van der Waals surface area (Å²) in [5, 5.41) is 11.6. The summed E-state index contributed by atoms with van der Waals surface area (Å²) in [4.78, 5) is 16.8. The quantitative estimate of drug-likeness (QED) is 0.543. The summed E-state index contributed by atoms with van der Waals surface area (Å²) < 4.78 is 11.2. The zero-order valence-corrected chi connectivity index (χ0v) is 16.9. The van der Waals surface area contributed by atoms with Crippen LogP contribution in [0.15, 0.2) is 48.5 Å². The molecule has 0 aliphatic heterocycles. The number of nitrogens with zero attached hydrogens (tertiary/aromatic N) is 5. The number of aromatic nitrogens is 5. The second-order valence-corrected chi connectivity index (χ2v) is 7.13. The normalized spacial score (nSPS) is 10.7. The molecule has 4 rings (SSSR count). The van der Waals surface area contributed by atoms with Crippen LogP contribution in [0.25, 0.3) is 17.2 Å². The van der Waals surface area contributed by atoms with Gasteiger partial charge in [0.15, 0.2) is 11.5 Å². The van der Waals surface area contributed by atoms with Crippen LogP contribution in [0, 0.1) is 13.8 Å². The Kier molecular flexibility index (Phi) is 5.05. The van der Waals surface area contributed by atoms with Crippen LogP contribution in [0.3, 0.4) is 0 Å². The summed E-state index contributed by atoms with van der Waals surface area (Å²) in [6.45, 7) is 3.94. The van der Waals surface area contributed by atoms with E-state index >= 15 is 0 Å². The van der Waals surface area contributed by atoms with Crippen molar-refractivity contribution in [2.24, 2.45) is 0 Å². The maximum absolute atomic E-state index is 12.4. The predicted molar refractivity (Wildman–Crippen MR) is 111 cm³/mol. The lowest BCUT2D eigenvalue weighted by molar-refractivity contribution is 0.102. The lowest BCUT2D eigenvalue weighted by Crippen LogP contribution is -2.11. The molecule has 0 radical (unpaired) electrons. The second-order valence-electron chi connectivity index (χ2n) is 6.38. The van der Waals surface area contributed by atoms with Crippen molar-refractivity contribution in [3.63, 3.8) is 0 Å². The summed E-state index contributed by atoms with van der Waals surface area (Å²) in [5.41, 5.74) is 3.98. The first-order chi connectivity index (χ1) is 14.0. The third-order valence-corrected chi connectivity index (χ3v) is 5.01. The van der Waals surface area contributed by atoms with Gasteiger partial charge in [0.25, 0.3) is 5.91 Å². The van der Waals surface area contributed by atoms with Crippen LogP contribution in [0.4, 0.5) is 5.13 Å². The van der Waals surface area contributed by atoms with E-state index in [0.717, 1.165) is 22.9 Å². The van der Waals surface area contributed by atoms with Crippen molar-refractivity contribution in [1.29, 1.82) is 0 Å². The largest absolute Gasteiger partial charge is 0.497 e. The van der Waals surface area contributed by atoms with Gasteiger partial charge in [-0.2, -0.15) is 9.36 Å². The Morgan fingerprint density at radius 1 is 1.07 bits per heavy atom. The molecule has 0 saturated carbocycles. The van der Waals surface area contributed by atoms with Gasteiger partial charge in [0.05, 0.1) is 18.5 Å². The smallest absolute Gasteiger partial charge is 0.257 e. The fraction of sp³-hybridized carbons (Fsp3) is 0.150. The molecule has 4 aromatic rings. The summed E-state index contributed by atoms with van der Waals surface area (Å²) in [6.07, 6.45) is 0. The maximum Gasteiger partial charge on any atom is 0.257 e. The van der Waals surface area contributed by atoms with Gasteiger partial charge in [0.2, 0.25) is 5.13 Å². The number of anilines is 1. The highest BCUT2D eigenvalue weighted by Crippen LogP contribution is 2.24. The first-order valence-corrected chi connectivity index (χ1v) is 9.61. The van der Waals surface area contributed by atoms with Gasteiger partial charge in [0, 0.05) is 17.1 Å². The Morgan fingerprint density at radius 3 is 2.48 bits per heavy atom. The highest BCUT2D eigenvalue weighted by molar-refractivity contribution is 7.10. The number of nitrogens with one attached hydrogen (secondary N) is 1. The molecule has 2 heterocycles. The molecule has 0 unspecified atom stereocenters. The van der Waals surface area contributed by atoms with E-state index in [0.29, 0.717) is 28.0 Å². The zero-order valence-electron chi connectivity index (χ0n) is 16.1. The van der Waals surface area contributed by atoms with Crippen LogP contribution in [-0.2, 0) is 0 Å². The number of benzene rings is 2. The number of hydrogen-bond acceptors (Lipinski definition) is 7. The molecule has 0 spiro atoms. The fourth-order valence-corrected chi connectivity index (χ4v) is 3.31. The van der Waals surface area contributed by atoms with E-state index in [1.54, 1.807) is 36.1 Å². The monoisotopic (exact) mass is 406 g/mol. The predicted octanol–water partition coefficient (Wildman–Crippen LogP) is 3.66. The minimum Gasteiger partial charge on any atom is -0.497 e. The van der Waals surface area contributed by atoms with Crippen molar-refractivity contribution in [2.75, 3.05) is 12.4 Å². The van der Waals surface area contributed by atoms with E-state index in [4.69, 9.17) is 4.74 Å². The number of carbonyl (C=O) groups is 1. The van der Waals surface area contributed by atoms with Crippen molar-refractivity contribution in [3.05, 3.63) is 65.4 Å². The average molecular weight is 406 g/mol. The first kappa shape index (κ1) is 18.8. The van der Waals surface area contributed by atoms with E-state index < -0.39 is 0 Å². The van der Waals surface area contributed by atoms with Gasteiger partial charge in [-0.1, -0.05) is 22.9 Å². The Balaban J connectivity index is 1.53. The topological polar surface area (TPSA) is 94.8 Å². The highest BCUT2D eigenvalue weighted by atomic mass is 32.1. The van der Waals surface area contributed by atoms with E-state index in [-0.39, 0.29) is 5.91 Å². The fourth-order valence-electron chi connectivity index (χ4n) is 2.75. The van der Waals surface area contributed by atoms with Crippen LogP contribution in [0.5, 0.6) is 5.75 Å². The van der Waals surface area contributed by atoms with E-state index in [1.165, 1.54) is 5.56 Å². The van der Waals surface area contributed by atoms with Crippen molar-refractivity contribution in [3.8, 4) is 23.0 Å². The van der Waals surface area contributed by atoms with Crippen LogP contribution >= 0.6 is 11.5 Å². The van der Waals surface area contributed by atoms with Crippen molar-refractivity contribution in [2.45, 2.75) is 13.8 Å². The molecule has 0 aliphatic rings. The summed E-state index contributed by atoms with van der Waals surface area (Å²) in [7, 11) is 1.58. The van der Waals surface area contributed by atoms with Crippen molar-refractivity contribution >= 4 is 22.6 Å². The SMILES string of the molecule is COc1ccc(C(=O)Nc2nc(-c3nnn(-c4ccc(C)cc4)c3C)ns2)cc1. The third kappa shape index (κ3) is 3.85. The average Bonchev–Trinajstić information content (AvgIpc) is 3.35. The molecule has 0 bridgehead atoms. The molecule has 9 heteroatoms. The summed E-state index contributed by atoms with van der Waals surface area (Å²) in [6, 6.07) is 14.8. The molecule has 29 heavy (non-hydrogen) atoms. The number of methoxy groups -OCH3 is 1. The third-order valence-electron chi connectivity index (χ3n) is 4.38. The number of hydrogen-bond donors (Lipinski definition) is 1. The van der Waals surface area contributed by atoms with Gasteiger partial charge < -0.3 is 4.74 Å². The van der Waals surface area contributed by atoms with Crippen LogP contribution < -0.4 is 10.1 Å².